The van der Waals surface area contributed by atoms with Crippen molar-refractivity contribution in [1.29, 1.82) is 0 Å². The van der Waals surface area contributed by atoms with E-state index >= 15 is 0 Å². The second-order valence-corrected chi connectivity index (χ2v) is 4.91. The van der Waals surface area contributed by atoms with E-state index in [1.54, 1.807) is 10.7 Å². The van der Waals surface area contributed by atoms with Gasteiger partial charge in [0.1, 0.15) is 5.15 Å². The fraction of sp³-hybridized carbons (Fsp3) is 0.385. The summed E-state index contributed by atoms with van der Waals surface area (Å²) in [6.07, 6.45) is 0.630. The standard InChI is InChI=1S/C13H13Cl2F2N3O/c1-3-8-10(15)11(20(4-2)19-8)7-5-6-9(14)18-12(7)21-13(16)17/h5-6,13H,3-4H2,1-2H3. The Kier molecular flexibility index (Phi) is 5.00. The molecule has 0 aliphatic carbocycles. The second kappa shape index (κ2) is 6.58. The average Bonchev–Trinajstić information content (AvgIpc) is 2.75. The third-order valence-corrected chi connectivity index (χ3v) is 3.49. The summed E-state index contributed by atoms with van der Waals surface area (Å²) in [5.41, 5.74) is 1.51. The van der Waals surface area contributed by atoms with Crippen LogP contribution in [0.1, 0.15) is 19.5 Å². The molecule has 2 rings (SSSR count). The lowest BCUT2D eigenvalue weighted by molar-refractivity contribution is -0.0524. The van der Waals surface area contributed by atoms with E-state index in [0.717, 1.165) is 0 Å². The van der Waals surface area contributed by atoms with Crippen molar-refractivity contribution < 1.29 is 13.5 Å². The number of alkyl halides is 2. The van der Waals surface area contributed by atoms with Crippen molar-refractivity contribution in [3.63, 3.8) is 0 Å². The van der Waals surface area contributed by atoms with E-state index in [2.05, 4.69) is 14.8 Å². The Hall–Kier alpha value is -1.40. The van der Waals surface area contributed by atoms with Crippen LogP contribution >= 0.6 is 23.2 Å². The van der Waals surface area contributed by atoms with Gasteiger partial charge >= 0.3 is 6.61 Å². The molecule has 2 aromatic heterocycles. The highest BCUT2D eigenvalue weighted by Crippen LogP contribution is 2.37. The topological polar surface area (TPSA) is 39.9 Å². The van der Waals surface area contributed by atoms with Gasteiger partial charge in [0.2, 0.25) is 5.88 Å². The number of ether oxygens (including phenoxy) is 1. The number of halogens is 4. The maximum Gasteiger partial charge on any atom is 0.388 e. The van der Waals surface area contributed by atoms with Crippen LogP contribution in [0.2, 0.25) is 10.2 Å². The van der Waals surface area contributed by atoms with E-state index in [4.69, 9.17) is 23.2 Å². The number of rotatable bonds is 5. The molecule has 0 saturated heterocycles. The molecule has 0 N–H and O–H groups in total. The first kappa shape index (κ1) is 16.0. The van der Waals surface area contributed by atoms with E-state index < -0.39 is 6.61 Å². The van der Waals surface area contributed by atoms with Gasteiger partial charge in [0.25, 0.3) is 0 Å². The predicted octanol–water partition coefficient (Wildman–Crippen LogP) is 4.44. The molecule has 21 heavy (non-hydrogen) atoms. The number of hydrogen-bond donors (Lipinski definition) is 0. The van der Waals surface area contributed by atoms with Crippen LogP contribution in [-0.4, -0.2) is 21.4 Å². The Labute approximate surface area is 130 Å². The first-order valence-electron chi connectivity index (χ1n) is 6.34. The zero-order valence-corrected chi connectivity index (χ0v) is 12.9. The third kappa shape index (κ3) is 3.27. The normalized spacial score (nSPS) is 11.2. The molecule has 0 unspecified atom stereocenters. The second-order valence-electron chi connectivity index (χ2n) is 4.14. The summed E-state index contributed by atoms with van der Waals surface area (Å²) < 4.78 is 31.2. The molecule has 0 saturated carbocycles. The van der Waals surface area contributed by atoms with Crippen molar-refractivity contribution in [1.82, 2.24) is 14.8 Å². The average molecular weight is 336 g/mol. The van der Waals surface area contributed by atoms with Gasteiger partial charge in [-0.05, 0) is 25.5 Å². The van der Waals surface area contributed by atoms with Crippen LogP contribution < -0.4 is 4.74 Å². The van der Waals surface area contributed by atoms with Gasteiger partial charge in [-0.1, -0.05) is 30.1 Å². The largest absolute Gasteiger partial charge is 0.416 e. The Morgan fingerprint density at radius 1 is 1.29 bits per heavy atom. The maximum atomic E-state index is 12.5. The third-order valence-electron chi connectivity index (χ3n) is 2.88. The van der Waals surface area contributed by atoms with E-state index in [-0.39, 0.29) is 11.0 Å². The fourth-order valence-electron chi connectivity index (χ4n) is 1.97. The lowest BCUT2D eigenvalue weighted by Crippen LogP contribution is -2.07. The Balaban J connectivity index is 2.63. The first-order valence-corrected chi connectivity index (χ1v) is 7.10. The van der Waals surface area contributed by atoms with Gasteiger partial charge in [0, 0.05) is 6.54 Å². The molecule has 0 spiro atoms. The summed E-state index contributed by atoms with van der Waals surface area (Å²) in [6, 6.07) is 3.03. The smallest absolute Gasteiger partial charge is 0.388 e. The summed E-state index contributed by atoms with van der Waals surface area (Å²) in [6.45, 7) is 1.32. The fourth-order valence-corrected chi connectivity index (χ4v) is 2.48. The number of nitrogens with zero attached hydrogens (tertiary/aromatic N) is 3. The monoisotopic (exact) mass is 335 g/mol. The van der Waals surface area contributed by atoms with Crippen molar-refractivity contribution >= 4 is 23.2 Å². The van der Waals surface area contributed by atoms with Gasteiger partial charge in [-0.25, -0.2) is 4.98 Å². The molecule has 0 aliphatic heterocycles. The Bertz CT molecular complexity index is 647. The summed E-state index contributed by atoms with van der Waals surface area (Å²) in [4.78, 5) is 3.80. The molecule has 0 aliphatic rings. The lowest BCUT2D eigenvalue weighted by Gasteiger charge is -2.11. The van der Waals surface area contributed by atoms with Crippen LogP contribution in [0.15, 0.2) is 12.1 Å². The Morgan fingerprint density at radius 2 is 2.00 bits per heavy atom. The van der Waals surface area contributed by atoms with Gasteiger partial charge < -0.3 is 4.74 Å². The minimum atomic E-state index is -3.00. The molecule has 2 heterocycles. The molecule has 0 amide bonds. The quantitative estimate of drug-likeness (QED) is 0.758. The first-order chi connectivity index (χ1) is 9.97. The zero-order valence-electron chi connectivity index (χ0n) is 11.4. The van der Waals surface area contributed by atoms with E-state index in [1.165, 1.54) is 6.07 Å². The van der Waals surface area contributed by atoms with Crippen molar-refractivity contribution in [3.05, 3.63) is 28.0 Å². The van der Waals surface area contributed by atoms with Crippen LogP contribution in [-0.2, 0) is 13.0 Å². The SMILES string of the molecule is CCc1nn(CC)c(-c2ccc(Cl)nc2OC(F)F)c1Cl. The molecule has 0 bridgehead atoms. The number of aromatic nitrogens is 3. The summed E-state index contributed by atoms with van der Waals surface area (Å²) in [5.74, 6) is -0.267. The van der Waals surface area contributed by atoms with E-state index in [9.17, 15) is 8.78 Å². The Morgan fingerprint density at radius 3 is 2.57 bits per heavy atom. The summed E-state index contributed by atoms with van der Waals surface area (Å²) in [7, 11) is 0. The van der Waals surface area contributed by atoms with Gasteiger partial charge in [0.05, 0.1) is 22.0 Å². The predicted molar refractivity (Wildman–Crippen MR) is 77.2 cm³/mol. The summed E-state index contributed by atoms with van der Waals surface area (Å²) in [5, 5.41) is 4.81. The zero-order chi connectivity index (χ0) is 15.6. The van der Waals surface area contributed by atoms with Crippen LogP contribution in [0, 0.1) is 0 Å². The van der Waals surface area contributed by atoms with Gasteiger partial charge in [-0.3, -0.25) is 4.68 Å². The maximum absolute atomic E-state index is 12.5. The van der Waals surface area contributed by atoms with Crippen molar-refractivity contribution in [3.8, 4) is 17.1 Å². The number of pyridine rings is 1. The molecule has 4 nitrogen and oxygen atoms in total. The van der Waals surface area contributed by atoms with E-state index in [1.807, 2.05) is 13.8 Å². The highest BCUT2D eigenvalue weighted by atomic mass is 35.5. The van der Waals surface area contributed by atoms with Gasteiger partial charge in [-0.2, -0.15) is 13.9 Å². The number of hydrogen-bond acceptors (Lipinski definition) is 3. The lowest BCUT2D eigenvalue weighted by atomic mass is 10.1. The molecular weight excluding hydrogens is 323 g/mol. The molecule has 2 aromatic rings. The minimum Gasteiger partial charge on any atom is -0.416 e. The van der Waals surface area contributed by atoms with Crippen molar-refractivity contribution in [2.24, 2.45) is 0 Å². The van der Waals surface area contributed by atoms with Crippen LogP contribution in [0.5, 0.6) is 5.88 Å². The highest BCUT2D eigenvalue weighted by molar-refractivity contribution is 6.34. The molecule has 8 heteroatoms. The van der Waals surface area contributed by atoms with Gasteiger partial charge in [-0.15, -0.1) is 0 Å². The van der Waals surface area contributed by atoms with Crippen LogP contribution in [0.4, 0.5) is 8.78 Å². The minimum absolute atomic E-state index is 0.0591. The van der Waals surface area contributed by atoms with Crippen molar-refractivity contribution in [2.75, 3.05) is 0 Å². The molecular formula is C13H13Cl2F2N3O. The highest BCUT2D eigenvalue weighted by Gasteiger charge is 2.22. The molecule has 114 valence electrons. The molecule has 0 fully saturated rings. The summed E-state index contributed by atoms with van der Waals surface area (Å²) >= 11 is 12.0. The molecule has 0 aromatic carbocycles. The van der Waals surface area contributed by atoms with Crippen LogP contribution in [0.3, 0.4) is 0 Å². The number of aryl methyl sites for hydroxylation is 2. The van der Waals surface area contributed by atoms with E-state index in [0.29, 0.717) is 34.9 Å². The molecule has 0 radical (unpaired) electrons. The van der Waals surface area contributed by atoms with Crippen LogP contribution in [0.25, 0.3) is 11.3 Å². The molecule has 0 atom stereocenters. The van der Waals surface area contributed by atoms with Gasteiger partial charge in [0.15, 0.2) is 0 Å². The van der Waals surface area contributed by atoms with Crippen molar-refractivity contribution in [2.45, 2.75) is 33.4 Å².